The summed E-state index contributed by atoms with van der Waals surface area (Å²) in [5, 5.41) is 81.8. The van der Waals surface area contributed by atoms with E-state index in [2.05, 4.69) is 41.2 Å². The van der Waals surface area contributed by atoms with Crippen LogP contribution in [-0.4, -0.2) is 165 Å². The number of benzene rings is 4. The summed E-state index contributed by atoms with van der Waals surface area (Å²) in [6.45, 7) is 2.86. The number of amides is 4. The summed E-state index contributed by atoms with van der Waals surface area (Å²) in [7, 11) is -10.8. The van der Waals surface area contributed by atoms with Gasteiger partial charge in [0.1, 0.15) is 23.3 Å². The normalized spacial score (nSPS) is 14.6. The maximum atomic E-state index is 12.5. The number of hydrogen-bond acceptors (Lipinski definition) is 24. The predicted octanol–water partition coefficient (Wildman–Crippen LogP) is 7.32. The monoisotopic (exact) mass is 1520 g/mol. The molecule has 0 spiro atoms. The third-order valence-electron chi connectivity index (χ3n) is 14.3. The first-order valence-corrected chi connectivity index (χ1v) is 35.9. The average molecular weight is 1530 g/mol. The molecule has 4 amide bonds. The van der Waals surface area contributed by atoms with Crippen LogP contribution in [0.1, 0.15) is 48.9 Å². The van der Waals surface area contributed by atoms with E-state index in [-0.39, 0.29) is 101 Å². The van der Waals surface area contributed by atoms with Gasteiger partial charge in [-0.3, -0.25) is 46.0 Å². The van der Waals surface area contributed by atoms with Gasteiger partial charge >= 0.3 is 11.9 Å². The van der Waals surface area contributed by atoms with E-state index >= 15 is 0 Å². The molecular weight excluding hydrogens is 1460 g/mol. The Kier molecular flexibility index (Phi) is 27.5. The first kappa shape index (κ1) is 81.4. The van der Waals surface area contributed by atoms with Gasteiger partial charge in [-0.15, -0.1) is 0 Å². The molecular formula is C68H64N14O20S4. The number of hydrogen-bond donors (Lipinski definition) is 10. The van der Waals surface area contributed by atoms with Gasteiger partial charge in [0.2, 0.25) is 0 Å². The van der Waals surface area contributed by atoms with Gasteiger partial charge in [-0.25, -0.2) is 53.6 Å². The number of anilines is 4. The lowest BCUT2D eigenvalue weighted by Crippen LogP contribution is -2.37. The highest BCUT2D eigenvalue weighted by Gasteiger charge is 2.42. The second-order valence-corrected chi connectivity index (χ2v) is 28.8. The van der Waals surface area contributed by atoms with Gasteiger partial charge in [0.25, 0.3) is 63.7 Å². The van der Waals surface area contributed by atoms with Gasteiger partial charge in [0.15, 0.2) is 45.8 Å². The zero-order valence-electron chi connectivity index (χ0n) is 56.4. The molecule has 8 heterocycles. The number of nitrogens with one attached hydrogen (secondary N) is 4. The topological polar surface area (TPSA) is 521 Å². The largest absolute Gasteiger partial charge is 0.505 e. The van der Waals surface area contributed by atoms with Crippen molar-refractivity contribution >= 4 is 122 Å². The van der Waals surface area contributed by atoms with Crippen LogP contribution in [0.4, 0.5) is 23.3 Å². The van der Waals surface area contributed by atoms with Crippen LogP contribution in [0.15, 0.2) is 237 Å². The fraction of sp³-hybridized carbons (Fsp3) is 0.118. The molecule has 0 fully saturated rings. The Morgan fingerprint density at radius 2 is 0.509 bits per heavy atom. The molecule has 34 nitrogen and oxygen atoms in total. The van der Waals surface area contributed by atoms with Crippen molar-refractivity contribution in [2.45, 2.75) is 46.3 Å². The first-order valence-electron chi connectivity index (χ1n) is 30.2. The number of carbonyl (C=O) groups is 6. The Bertz CT molecular complexity index is 4720. The van der Waals surface area contributed by atoms with E-state index in [1.807, 2.05) is 0 Å². The fourth-order valence-electron chi connectivity index (χ4n) is 9.39. The van der Waals surface area contributed by atoms with E-state index < -0.39 is 98.7 Å². The SMILES string of the molecule is CC#N.CC#N.CN1C(C(=O)Nc2ccccn2)=C(O)c2ccccc2S1(=O)=O.CN1C(C(=O)Nc2ccccn2)=C(O)c2ccccc2S1(=O)=O.CN1C(C(=O)Nc2ccccn2)=C(O)c2ccccc2S1(=O)=O.CN1C(C(=O)Nc2ccccn2)=C(O)c2ccccc2S1(=O)=O.O=C(O)CCC(=O)O. The first-order chi connectivity index (χ1) is 50.2. The number of rotatable bonds is 11. The summed E-state index contributed by atoms with van der Waals surface area (Å²) in [5.41, 5.74) is -1.03. The van der Waals surface area contributed by atoms with Gasteiger partial charge in [0.05, 0.1) is 44.6 Å². The molecule has 0 bridgehead atoms. The average Bonchev–Trinajstić information content (AvgIpc) is 0.767. The lowest BCUT2D eigenvalue weighted by molar-refractivity contribution is -0.143. The molecule has 0 atom stereocenters. The number of sulfonamides is 4. The standard InChI is InChI=1S/4C15H13N3O4S.C4H6O4.2C2H3N/c4*1-18-13(15(20)17-12-8-4-5-9-16-12)14(19)10-6-2-3-7-11(10)23(18,21)22;5-3(6)1-2-4(7)8;2*1-2-3/h4*2-9,19H,1H3,(H,16,17,20);1-2H2,(H,5,6)(H,7,8);2*1H3. The highest BCUT2D eigenvalue weighted by molar-refractivity contribution is 7.90. The van der Waals surface area contributed by atoms with E-state index in [1.54, 1.807) is 133 Å². The Morgan fingerprint density at radius 3 is 0.670 bits per heavy atom. The molecule has 12 rings (SSSR count). The van der Waals surface area contributed by atoms with Crippen molar-refractivity contribution in [3.05, 3.63) is 240 Å². The smallest absolute Gasteiger partial charge is 0.303 e. The summed E-state index contributed by atoms with van der Waals surface area (Å²) in [6.07, 6.45) is 5.35. The van der Waals surface area contributed by atoms with Gasteiger partial charge in [-0.1, -0.05) is 72.8 Å². The summed E-state index contributed by atoms with van der Waals surface area (Å²) in [4.78, 5) is 84.5. The molecule has 4 aliphatic rings. The molecule has 4 aromatic heterocycles. The minimum atomic E-state index is -3.91. The highest BCUT2D eigenvalue weighted by Crippen LogP contribution is 2.39. The second kappa shape index (κ2) is 35.8. The van der Waals surface area contributed by atoms with Gasteiger partial charge in [0, 0.05) is 89.1 Å². The number of nitrogens with zero attached hydrogens (tertiary/aromatic N) is 10. The molecule has 0 aliphatic carbocycles. The lowest BCUT2D eigenvalue weighted by Gasteiger charge is -2.28. The third kappa shape index (κ3) is 18.9. The van der Waals surface area contributed by atoms with Crippen LogP contribution in [0.5, 0.6) is 0 Å². The number of carboxylic acid groups (broad SMARTS) is 2. The number of aromatic nitrogens is 4. The van der Waals surface area contributed by atoms with Crippen LogP contribution in [0, 0.1) is 22.7 Å². The second-order valence-electron chi connectivity index (χ2n) is 21.1. The Labute approximate surface area is 607 Å². The zero-order chi connectivity index (χ0) is 78.4. The summed E-state index contributed by atoms with van der Waals surface area (Å²) >= 11 is 0. The molecule has 4 aromatic carbocycles. The Balaban J connectivity index is 0.000000209. The van der Waals surface area contributed by atoms with Crippen molar-refractivity contribution in [1.82, 2.24) is 37.2 Å². The van der Waals surface area contributed by atoms with E-state index in [1.165, 1.54) is 115 Å². The van der Waals surface area contributed by atoms with Crippen molar-refractivity contribution in [2.24, 2.45) is 0 Å². The number of carbonyl (C=O) groups excluding carboxylic acids is 4. The number of aliphatic hydroxyl groups is 4. The van der Waals surface area contributed by atoms with Gasteiger partial charge < -0.3 is 51.9 Å². The van der Waals surface area contributed by atoms with Crippen LogP contribution in [0.2, 0.25) is 0 Å². The minimum Gasteiger partial charge on any atom is -0.505 e. The minimum absolute atomic E-state index is 0.0469. The van der Waals surface area contributed by atoms with Gasteiger partial charge in [-0.05, 0) is 97.1 Å². The highest BCUT2D eigenvalue weighted by atomic mass is 32.2. The maximum Gasteiger partial charge on any atom is 0.303 e. The maximum absolute atomic E-state index is 12.5. The number of nitriles is 2. The fourth-order valence-corrected chi connectivity index (χ4v) is 15.0. The molecule has 0 saturated heterocycles. The molecule has 0 radical (unpaired) electrons. The summed E-state index contributed by atoms with van der Waals surface area (Å²) in [6, 6.07) is 47.0. The summed E-state index contributed by atoms with van der Waals surface area (Å²) < 4.78 is 103. The van der Waals surface area contributed by atoms with Crippen molar-refractivity contribution in [1.29, 1.82) is 10.5 Å². The summed E-state index contributed by atoms with van der Waals surface area (Å²) in [5.74, 6) is -5.78. The Morgan fingerprint density at radius 1 is 0.340 bits per heavy atom. The molecule has 0 unspecified atom stereocenters. The van der Waals surface area contributed by atoms with Crippen LogP contribution in [-0.2, 0) is 68.9 Å². The van der Waals surface area contributed by atoms with Crippen molar-refractivity contribution in [2.75, 3.05) is 49.5 Å². The molecule has 38 heteroatoms. The van der Waals surface area contributed by atoms with E-state index in [4.69, 9.17) is 20.7 Å². The van der Waals surface area contributed by atoms with E-state index in [0.29, 0.717) is 0 Å². The van der Waals surface area contributed by atoms with Crippen molar-refractivity contribution in [3.63, 3.8) is 0 Å². The molecule has 106 heavy (non-hydrogen) atoms. The van der Waals surface area contributed by atoms with Crippen LogP contribution in [0.25, 0.3) is 23.0 Å². The number of pyridine rings is 4. The van der Waals surface area contributed by atoms with Crippen molar-refractivity contribution < 1.29 is 93.1 Å². The van der Waals surface area contributed by atoms with Crippen LogP contribution in [0.3, 0.4) is 0 Å². The molecule has 550 valence electrons. The van der Waals surface area contributed by atoms with Crippen LogP contribution >= 0.6 is 0 Å². The number of carboxylic acids is 2. The number of aliphatic carboxylic acids is 2. The van der Waals surface area contributed by atoms with Gasteiger partial charge in [-0.2, -0.15) is 10.5 Å². The quantitative estimate of drug-likeness (QED) is 0.0606. The van der Waals surface area contributed by atoms with Crippen LogP contribution < -0.4 is 21.3 Å². The lowest BCUT2D eigenvalue weighted by atomic mass is 10.1. The molecule has 4 aliphatic heterocycles. The molecule has 10 N–H and O–H groups in total. The van der Waals surface area contributed by atoms with E-state index in [9.17, 15) is 82.9 Å². The number of likely N-dealkylation sites (N-methyl/N-ethyl adjacent to an activating group) is 4. The van der Waals surface area contributed by atoms with Crippen molar-refractivity contribution in [3.8, 4) is 12.1 Å². The third-order valence-corrected chi connectivity index (χ3v) is 21.6. The zero-order valence-corrected chi connectivity index (χ0v) is 59.7. The number of aliphatic hydroxyl groups excluding tert-OH is 4. The Hall–Kier alpha value is -13.6. The molecule has 8 aromatic rings. The number of fused-ring (bicyclic) bond motifs is 4. The predicted molar refractivity (Wildman–Crippen MR) is 382 cm³/mol. The van der Waals surface area contributed by atoms with E-state index in [0.717, 1.165) is 17.2 Å². The molecule has 0 saturated carbocycles.